The number of carbonyl (C=O) groups is 2. The minimum Gasteiger partial charge on any atom is -0.396 e. The van der Waals surface area contributed by atoms with E-state index < -0.39 is 0 Å². The van der Waals surface area contributed by atoms with Crippen molar-refractivity contribution in [3.8, 4) is 0 Å². The lowest BCUT2D eigenvalue weighted by Gasteiger charge is -2.17. The molecule has 0 aromatic carbocycles. The zero-order valence-corrected chi connectivity index (χ0v) is 9.66. The third-order valence-electron chi connectivity index (χ3n) is 3.11. The molecule has 0 aliphatic heterocycles. The summed E-state index contributed by atoms with van der Waals surface area (Å²) in [7, 11) is 0. The molecule has 0 spiro atoms. The molecule has 0 aromatic rings. The second kappa shape index (κ2) is 6.48. The summed E-state index contributed by atoms with van der Waals surface area (Å²) in [6, 6.07) is 0. The van der Waals surface area contributed by atoms with Gasteiger partial charge in [0.15, 0.2) is 0 Å². The third kappa shape index (κ3) is 4.18. The highest BCUT2D eigenvalue weighted by Crippen LogP contribution is 2.30. The van der Waals surface area contributed by atoms with E-state index in [1.807, 2.05) is 0 Å². The molecule has 3 N–H and O–H groups in total. The van der Waals surface area contributed by atoms with E-state index in [1.54, 1.807) is 0 Å². The minimum absolute atomic E-state index is 0.0336. The summed E-state index contributed by atoms with van der Waals surface area (Å²) >= 11 is 0. The maximum atomic E-state index is 11.3. The zero-order valence-electron chi connectivity index (χ0n) is 9.66. The van der Waals surface area contributed by atoms with Crippen LogP contribution in [0, 0.1) is 11.8 Å². The maximum absolute atomic E-state index is 11.3. The Morgan fingerprint density at radius 2 is 1.94 bits per heavy atom. The van der Waals surface area contributed by atoms with Gasteiger partial charge >= 0.3 is 0 Å². The third-order valence-corrected chi connectivity index (χ3v) is 3.11. The van der Waals surface area contributed by atoms with Gasteiger partial charge in [-0.2, -0.15) is 0 Å². The van der Waals surface area contributed by atoms with Crippen LogP contribution in [0.5, 0.6) is 0 Å². The molecule has 1 saturated carbocycles. The highest BCUT2D eigenvalue weighted by atomic mass is 16.3. The monoisotopic (exact) mass is 228 g/mol. The Kier molecular flexibility index (Phi) is 5.25. The topological polar surface area (TPSA) is 78.4 Å². The van der Waals surface area contributed by atoms with Crippen molar-refractivity contribution in [2.75, 3.05) is 19.7 Å². The Morgan fingerprint density at radius 1 is 1.25 bits per heavy atom. The van der Waals surface area contributed by atoms with Crippen molar-refractivity contribution < 1.29 is 14.7 Å². The molecule has 1 aliphatic rings. The van der Waals surface area contributed by atoms with Crippen molar-refractivity contribution in [3.05, 3.63) is 0 Å². The molecule has 2 atom stereocenters. The van der Waals surface area contributed by atoms with Crippen molar-refractivity contribution >= 4 is 11.8 Å². The maximum Gasteiger partial charge on any atom is 0.239 e. The van der Waals surface area contributed by atoms with Gasteiger partial charge in [0, 0.05) is 20.1 Å². The highest BCUT2D eigenvalue weighted by molar-refractivity contribution is 5.83. The van der Waals surface area contributed by atoms with Crippen molar-refractivity contribution in [1.29, 1.82) is 0 Å². The lowest BCUT2D eigenvalue weighted by molar-refractivity contribution is -0.125. The average molecular weight is 228 g/mol. The van der Waals surface area contributed by atoms with Crippen LogP contribution in [0.4, 0.5) is 0 Å². The van der Waals surface area contributed by atoms with Crippen molar-refractivity contribution in [2.24, 2.45) is 11.8 Å². The Hall–Kier alpha value is -1.10. The molecule has 2 amide bonds. The summed E-state index contributed by atoms with van der Waals surface area (Å²) in [6.45, 7) is 2.22. The quantitative estimate of drug-likeness (QED) is 0.601. The summed E-state index contributed by atoms with van der Waals surface area (Å²) in [4.78, 5) is 21.9. The molecule has 0 aromatic heterocycles. The van der Waals surface area contributed by atoms with Gasteiger partial charge in [-0.25, -0.2) is 0 Å². The second-order valence-corrected chi connectivity index (χ2v) is 4.35. The van der Waals surface area contributed by atoms with E-state index in [9.17, 15) is 9.59 Å². The number of hydrogen-bond acceptors (Lipinski definition) is 3. The Labute approximate surface area is 95.6 Å². The molecule has 1 fully saturated rings. The average Bonchev–Trinajstić information content (AvgIpc) is 2.70. The number of aliphatic hydroxyl groups is 1. The van der Waals surface area contributed by atoms with Crippen LogP contribution in [0.1, 0.15) is 26.2 Å². The van der Waals surface area contributed by atoms with E-state index in [1.165, 1.54) is 6.92 Å². The van der Waals surface area contributed by atoms with Crippen LogP contribution in [0.25, 0.3) is 0 Å². The number of nitrogens with one attached hydrogen (secondary N) is 2. The smallest absolute Gasteiger partial charge is 0.239 e. The van der Waals surface area contributed by atoms with E-state index in [0.717, 1.165) is 19.3 Å². The minimum atomic E-state index is -0.204. The molecular weight excluding hydrogens is 208 g/mol. The molecule has 5 nitrogen and oxygen atoms in total. The summed E-state index contributed by atoms with van der Waals surface area (Å²) in [6.07, 6.45) is 3.23. The predicted molar refractivity (Wildman–Crippen MR) is 59.6 cm³/mol. The van der Waals surface area contributed by atoms with Crippen LogP contribution in [0.2, 0.25) is 0 Å². The van der Waals surface area contributed by atoms with Gasteiger partial charge in [-0.15, -0.1) is 0 Å². The number of carbonyl (C=O) groups excluding carboxylic acids is 2. The first kappa shape index (κ1) is 13.0. The van der Waals surface area contributed by atoms with Gasteiger partial charge in [0.2, 0.25) is 11.8 Å². The fourth-order valence-corrected chi connectivity index (χ4v) is 2.13. The van der Waals surface area contributed by atoms with Crippen LogP contribution in [-0.4, -0.2) is 36.6 Å². The first-order valence-electron chi connectivity index (χ1n) is 5.75. The van der Waals surface area contributed by atoms with Crippen LogP contribution >= 0.6 is 0 Å². The first-order valence-corrected chi connectivity index (χ1v) is 5.75. The first-order chi connectivity index (χ1) is 7.63. The van der Waals surface area contributed by atoms with Gasteiger partial charge in [0.05, 0.1) is 6.54 Å². The predicted octanol–water partition coefficient (Wildman–Crippen LogP) is -0.353. The van der Waals surface area contributed by atoms with E-state index in [0.29, 0.717) is 18.4 Å². The van der Waals surface area contributed by atoms with Crippen LogP contribution in [0.3, 0.4) is 0 Å². The Morgan fingerprint density at radius 3 is 2.56 bits per heavy atom. The molecule has 1 aliphatic carbocycles. The standard InChI is InChI=1S/C11H20N2O3/c1-8(15)12-6-11(16)13-5-9-3-2-4-10(9)7-14/h9-10,14H,2-7H2,1H3,(H,12,15)(H,13,16). The molecule has 16 heavy (non-hydrogen) atoms. The van der Waals surface area contributed by atoms with Gasteiger partial charge in [-0.1, -0.05) is 6.42 Å². The molecule has 0 saturated heterocycles. The van der Waals surface area contributed by atoms with Gasteiger partial charge in [-0.3, -0.25) is 9.59 Å². The molecular formula is C11H20N2O3. The molecule has 0 bridgehead atoms. The lowest BCUT2D eigenvalue weighted by Crippen LogP contribution is -2.39. The summed E-state index contributed by atoms with van der Waals surface area (Å²) < 4.78 is 0. The van der Waals surface area contributed by atoms with Crippen molar-refractivity contribution in [1.82, 2.24) is 10.6 Å². The van der Waals surface area contributed by atoms with E-state index >= 15 is 0 Å². The van der Waals surface area contributed by atoms with Crippen molar-refractivity contribution in [3.63, 3.8) is 0 Å². The molecule has 1 rings (SSSR count). The highest BCUT2D eigenvalue weighted by Gasteiger charge is 2.26. The zero-order chi connectivity index (χ0) is 12.0. The van der Waals surface area contributed by atoms with E-state index in [4.69, 9.17) is 5.11 Å². The molecule has 0 radical (unpaired) electrons. The molecule has 5 heteroatoms. The largest absolute Gasteiger partial charge is 0.396 e. The van der Waals surface area contributed by atoms with Gasteiger partial charge in [0.1, 0.15) is 0 Å². The van der Waals surface area contributed by atoms with E-state index in [-0.39, 0.29) is 25.0 Å². The fraction of sp³-hybridized carbons (Fsp3) is 0.818. The second-order valence-electron chi connectivity index (χ2n) is 4.35. The molecule has 2 unspecified atom stereocenters. The van der Waals surface area contributed by atoms with E-state index in [2.05, 4.69) is 10.6 Å². The number of aliphatic hydroxyl groups excluding tert-OH is 1. The molecule has 0 heterocycles. The number of rotatable bonds is 5. The molecule has 92 valence electrons. The van der Waals surface area contributed by atoms with Crippen LogP contribution in [-0.2, 0) is 9.59 Å². The normalized spacial score (nSPS) is 24.1. The van der Waals surface area contributed by atoms with Crippen molar-refractivity contribution in [2.45, 2.75) is 26.2 Å². The Balaban J connectivity index is 2.18. The van der Waals surface area contributed by atoms with Crippen LogP contribution < -0.4 is 10.6 Å². The van der Waals surface area contributed by atoms with Gasteiger partial charge in [0.25, 0.3) is 0 Å². The summed E-state index contributed by atoms with van der Waals surface area (Å²) in [5.41, 5.74) is 0. The van der Waals surface area contributed by atoms with Gasteiger partial charge in [-0.05, 0) is 24.7 Å². The SMILES string of the molecule is CC(=O)NCC(=O)NCC1CCCC1CO. The lowest BCUT2D eigenvalue weighted by atomic mass is 9.97. The Bertz CT molecular complexity index is 256. The van der Waals surface area contributed by atoms with Gasteiger partial charge < -0.3 is 15.7 Å². The summed E-state index contributed by atoms with van der Waals surface area (Å²) in [5.74, 6) is 0.329. The fourth-order valence-electron chi connectivity index (χ4n) is 2.13. The van der Waals surface area contributed by atoms with Crippen LogP contribution in [0.15, 0.2) is 0 Å². The number of amides is 2. The summed E-state index contributed by atoms with van der Waals surface area (Å²) in [5, 5.41) is 14.3. The number of hydrogen-bond donors (Lipinski definition) is 3.